The van der Waals surface area contributed by atoms with Gasteiger partial charge >= 0.3 is 0 Å². The van der Waals surface area contributed by atoms with Crippen LogP contribution >= 0.6 is 0 Å². The van der Waals surface area contributed by atoms with Crippen LogP contribution < -0.4 is 10.0 Å². The smallest absolute Gasteiger partial charge is 0.241 e. The number of benzene rings is 1. The van der Waals surface area contributed by atoms with Gasteiger partial charge in [0.25, 0.3) is 0 Å². The summed E-state index contributed by atoms with van der Waals surface area (Å²) in [6.45, 7) is 5.46. The summed E-state index contributed by atoms with van der Waals surface area (Å²) in [5.41, 5.74) is 0.977. The van der Waals surface area contributed by atoms with E-state index < -0.39 is 16.1 Å². The summed E-state index contributed by atoms with van der Waals surface area (Å²) >= 11 is 0. The van der Waals surface area contributed by atoms with Crippen molar-refractivity contribution in [3.63, 3.8) is 0 Å². The molecule has 19 heavy (non-hydrogen) atoms. The van der Waals surface area contributed by atoms with E-state index in [2.05, 4.69) is 10.0 Å². The van der Waals surface area contributed by atoms with Gasteiger partial charge in [-0.3, -0.25) is 4.79 Å². The third kappa shape index (κ3) is 4.04. The van der Waals surface area contributed by atoms with Crippen molar-refractivity contribution < 1.29 is 13.2 Å². The number of carbonyl (C=O) groups excluding carboxylic acids is 1. The summed E-state index contributed by atoms with van der Waals surface area (Å²) in [7, 11) is -2.20. The monoisotopic (exact) mass is 284 g/mol. The summed E-state index contributed by atoms with van der Waals surface area (Å²) in [5.74, 6) is -0.481. The largest absolute Gasteiger partial charge is 0.358 e. The minimum atomic E-state index is -3.69. The lowest BCUT2D eigenvalue weighted by atomic mass is 10.1. The van der Waals surface area contributed by atoms with E-state index in [1.165, 1.54) is 19.2 Å². The highest BCUT2D eigenvalue weighted by Gasteiger charge is 2.27. The molecular formula is C13H20N2O3S. The molecule has 0 unspecified atom stereocenters. The molecule has 0 heterocycles. The van der Waals surface area contributed by atoms with E-state index in [0.29, 0.717) is 0 Å². The van der Waals surface area contributed by atoms with Crippen molar-refractivity contribution in [1.82, 2.24) is 10.0 Å². The first-order valence-electron chi connectivity index (χ1n) is 6.08. The number of rotatable bonds is 5. The van der Waals surface area contributed by atoms with Crippen LogP contribution in [-0.4, -0.2) is 27.4 Å². The van der Waals surface area contributed by atoms with E-state index in [1.807, 2.05) is 6.92 Å². The molecular weight excluding hydrogens is 264 g/mol. The number of amides is 1. The molecule has 1 atom stereocenters. The third-order valence-electron chi connectivity index (χ3n) is 2.81. The highest BCUT2D eigenvalue weighted by atomic mass is 32.2. The van der Waals surface area contributed by atoms with Gasteiger partial charge < -0.3 is 5.32 Å². The Kier molecular flexibility index (Phi) is 5.08. The van der Waals surface area contributed by atoms with Gasteiger partial charge in [0.05, 0.1) is 4.90 Å². The summed E-state index contributed by atoms with van der Waals surface area (Å²) in [6.07, 6.45) is 0. The number of likely N-dealkylation sites (N-methyl/N-ethyl adjacent to an activating group) is 1. The Hall–Kier alpha value is -1.40. The number of hydrogen-bond acceptors (Lipinski definition) is 3. The summed E-state index contributed by atoms with van der Waals surface area (Å²) in [6, 6.07) is 5.71. The van der Waals surface area contributed by atoms with Gasteiger partial charge in [-0.2, -0.15) is 4.72 Å². The average molecular weight is 284 g/mol. The van der Waals surface area contributed by atoms with Gasteiger partial charge in [0.1, 0.15) is 6.04 Å². The van der Waals surface area contributed by atoms with Crippen LogP contribution in [0.4, 0.5) is 0 Å². The van der Waals surface area contributed by atoms with Gasteiger partial charge in [0, 0.05) is 7.05 Å². The topological polar surface area (TPSA) is 75.3 Å². The molecule has 1 aromatic rings. The standard InChI is InChI=1S/C13H20N2O3S/c1-9(2)12(13(16)14-4)15-19(17,18)11-7-5-10(3)6-8-11/h5-9,12,15H,1-4H3,(H,14,16)/t12-/m0/s1. The second kappa shape index (κ2) is 6.16. The lowest BCUT2D eigenvalue weighted by Crippen LogP contribution is -2.48. The van der Waals surface area contributed by atoms with E-state index in [9.17, 15) is 13.2 Å². The van der Waals surface area contributed by atoms with Crippen LogP contribution in [0.15, 0.2) is 29.2 Å². The Morgan fingerprint density at radius 1 is 1.16 bits per heavy atom. The molecule has 0 fully saturated rings. The first kappa shape index (κ1) is 15.7. The molecule has 0 aliphatic rings. The fraction of sp³-hybridized carbons (Fsp3) is 0.462. The molecule has 0 bridgehead atoms. The number of carbonyl (C=O) groups is 1. The molecule has 0 radical (unpaired) electrons. The highest BCUT2D eigenvalue weighted by Crippen LogP contribution is 2.12. The Labute approximate surface area is 114 Å². The molecule has 2 N–H and O–H groups in total. The number of aryl methyl sites for hydroxylation is 1. The van der Waals surface area contributed by atoms with Gasteiger partial charge in [-0.15, -0.1) is 0 Å². The molecule has 1 rings (SSSR count). The van der Waals surface area contributed by atoms with Crippen LogP contribution in [0.3, 0.4) is 0 Å². The van der Waals surface area contributed by atoms with Crippen LogP contribution in [0.2, 0.25) is 0 Å². The zero-order valence-corrected chi connectivity index (χ0v) is 12.4. The van der Waals surface area contributed by atoms with Gasteiger partial charge in [-0.25, -0.2) is 8.42 Å². The van der Waals surface area contributed by atoms with Crippen LogP contribution in [0.25, 0.3) is 0 Å². The highest BCUT2D eigenvalue weighted by molar-refractivity contribution is 7.89. The molecule has 0 saturated carbocycles. The molecule has 0 aliphatic heterocycles. The maximum absolute atomic E-state index is 12.2. The predicted molar refractivity (Wildman–Crippen MR) is 74.2 cm³/mol. The Bertz CT molecular complexity index is 536. The quantitative estimate of drug-likeness (QED) is 0.848. The van der Waals surface area contributed by atoms with E-state index in [-0.39, 0.29) is 16.7 Å². The van der Waals surface area contributed by atoms with Crippen LogP contribution in [0.1, 0.15) is 19.4 Å². The second-order valence-corrected chi connectivity index (χ2v) is 6.48. The molecule has 106 valence electrons. The number of nitrogens with one attached hydrogen (secondary N) is 2. The molecule has 1 amide bonds. The van der Waals surface area contributed by atoms with Crippen molar-refractivity contribution in [2.75, 3.05) is 7.05 Å². The van der Waals surface area contributed by atoms with E-state index >= 15 is 0 Å². The van der Waals surface area contributed by atoms with Crippen LogP contribution in [-0.2, 0) is 14.8 Å². The zero-order valence-electron chi connectivity index (χ0n) is 11.6. The third-order valence-corrected chi connectivity index (χ3v) is 4.27. The SMILES string of the molecule is CNC(=O)[C@@H](NS(=O)(=O)c1ccc(C)cc1)C(C)C. The molecule has 0 aliphatic carbocycles. The second-order valence-electron chi connectivity index (χ2n) is 4.77. The summed E-state index contributed by atoms with van der Waals surface area (Å²) in [5, 5.41) is 2.46. The van der Waals surface area contributed by atoms with Gasteiger partial charge in [-0.1, -0.05) is 31.5 Å². The molecule has 6 heteroatoms. The number of sulfonamides is 1. The van der Waals surface area contributed by atoms with Crippen molar-refractivity contribution in [2.24, 2.45) is 5.92 Å². The molecule has 1 aromatic carbocycles. The zero-order chi connectivity index (χ0) is 14.6. The Morgan fingerprint density at radius 3 is 2.11 bits per heavy atom. The minimum Gasteiger partial charge on any atom is -0.358 e. The minimum absolute atomic E-state index is 0.139. The van der Waals surface area contributed by atoms with Crippen LogP contribution in [0.5, 0.6) is 0 Å². The van der Waals surface area contributed by atoms with Gasteiger partial charge in [0.15, 0.2) is 0 Å². The Balaban J connectivity index is 3.00. The Morgan fingerprint density at radius 2 is 1.68 bits per heavy atom. The predicted octanol–water partition coefficient (Wildman–Crippen LogP) is 1.04. The fourth-order valence-electron chi connectivity index (χ4n) is 1.60. The maximum atomic E-state index is 12.2. The average Bonchev–Trinajstić information content (AvgIpc) is 2.35. The van der Waals surface area contributed by atoms with E-state index in [0.717, 1.165) is 5.56 Å². The summed E-state index contributed by atoms with van der Waals surface area (Å²) < 4.78 is 26.8. The van der Waals surface area contributed by atoms with Gasteiger partial charge in [0.2, 0.25) is 15.9 Å². The molecule has 0 aromatic heterocycles. The fourth-order valence-corrected chi connectivity index (χ4v) is 2.94. The van der Waals surface area contributed by atoms with E-state index in [4.69, 9.17) is 0 Å². The van der Waals surface area contributed by atoms with Crippen molar-refractivity contribution in [3.05, 3.63) is 29.8 Å². The van der Waals surface area contributed by atoms with Gasteiger partial charge in [-0.05, 0) is 25.0 Å². The first-order valence-corrected chi connectivity index (χ1v) is 7.57. The van der Waals surface area contributed by atoms with Crippen molar-refractivity contribution in [2.45, 2.75) is 31.7 Å². The van der Waals surface area contributed by atoms with Crippen LogP contribution in [0, 0.1) is 12.8 Å². The molecule has 0 saturated heterocycles. The molecule has 0 spiro atoms. The lowest BCUT2D eigenvalue weighted by molar-refractivity contribution is -0.123. The molecule has 5 nitrogen and oxygen atoms in total. The van der Waals surface area contributed by atoms with Crippen molar-refractivity contribution in [1.29, 1.82) is 0 Å². The lowest BCUT2D eigenvalue weighted by Gasteiger charge is -2.20. The van der Waals surface area contributed by atoms with Crippen molar-refractivity contribution in [3.8, 4) is 0 Å². The van der Waals surface area contributed by atoms with E-state index in [1.54, 1.807) is 26.0 Å². The normalized spacial score (nSPS) is 13.3. The summed E-state index contributed by atoms with van der Waals surface area (Å²) in [4.78, 5) is 11.8. The first-order chi connectivity index (χ1) is 8.77. The van der Waals surface area contributed by atoms with Crippen molar-refractivity contribution >= 4 is 15.9 Å². The maximum Gasteiger partial charge on any atom is 0.241 e. The number of hydrogen-bond donors (Lipinski definition) is 2.